The van der Waals surface area contributed by atoms with E-state index in [-0.39, 0.29) is 11.3 Å². The van der Waals surface area contributed by atoms with Gasteiger partial charge in [0.1, 0.15) is 5.70 Å². The number of aliphatic imine (C=N–C) groups is 1. The van der Waals surface area contributed by atoms with Crippen LogP contribution in [0.5, 0.6) is 0 Å². The van der Waals surface area contributed by atoms with E-state index in [4.69, 9.17) is 9.98 Å². The molecule has 0 unspecified atom stereocenters. The topological polar surface area (TPSA) is 67.6 Å². The SMILES string of the molecule is O=C1/C(=C\C=C\c2ccccc2)N=C(c2ccccc2)N1n1c(-c2ccccc2)nc2ccccc2c1=O. The van der Waals surface area contributed by atoms with Gasteiger partial charge in [-0.2, -0.15) is 9.69 Å². The molecule has 4 aromatic carbocycles. The van der Waals surface area contributed by atoms with Gasteiger partial charge in [-0.1, -0.05) is 115 Å². The zero-order chi connectivity index (χ0) is 25.9. The second-order valence-electron chi connectivity index (χ2n) is 8.68. The van der Waals surface area contributed by atoms with Gasteiger partial charge in [-0.3, -0.25) is 9.59 Å². The molecule has 0 fully saturated rings. The van der Waals surface area contributed by atoms with E-state index in [0.29, 0.717) is 33.7 Å². The number of amides is 1. The number of carbonyl (C=O) groups excluding carboxylic acids is 1. The van der Waals surface area contributed by atoms with Crippen LogP contribution >= 0.6 is 0 Å². The van der Waals surface area contributed by atoms with E-state index in [1.54, 1.807) is 30.4 Å². The number of carbonyl (C=O) groups is 1. The molecule has 1 amide bonds. The minimum atomic E-state index is -0.419. The number of amidine groups is 1. The van der Waals surface area contributed by atoms with Crippen molar-refractivity contribution >= 4 is 28.7 Å². The molecule has 0 aliphatic carbocycles. The average Bonchev–Trinajstić information content (AvgIpc) is 3.30. The van der Waals surface area contributed by atoms with Crippen molar-refractivity contribution < 1.29 is 4.79 Å². The van der Waals surface area contributed by atoms with E-state index >= 15 is 0 Å². The predicted molar refractivity (Wildman–Crippen MR) is 151 cm³/mol. The lowest BCUT2D eigenvalue weighted by atomic mass is 10.2. The van der Waals surface area contributed by atoms with Crippen LogP contribution < -0.4 is 10.6 Å². The summed E-state index contributed by atoms with van der Waals surface area (Å²) in [5.74, 6) is 0.289. The monoisotopic (exact) mass is 494 g/mol. The molecule has 0 bridgehead atoms. The van der Waals surface area contributed by atoms with Gasteiger partial charge >= 0.3 is 0 Å². The summed E-state index contributed by atoms with van der Waals surface area (Å²) < 4.78 is 1.34. The van der Waals surface area contributed by atoms with Crippen LogP contribution in [0.2, 0.25) is 0 Å². The summed E-state index contributed by atoms with van der Waals surface area (Å²) >= 11 is 0. The predicted octanol–water partition coefficient (Wildman–Crippen LogP) is 5.59. The van der Waals surface area contributed by atoms with Gasteiger partial charge in [0.2, 0.25) is 0 Å². The molecule has 38 heavy (non-hydrogen) atoms. The Morgan fingerprint density at radius 1 is 0.658 bits per heavy atom. The molecule has 0 saturated carbocycles. The highest BCUT2D eigenvalue weighted by Crippen LogP contribution is 2.24. The maximum atomic E-state index is 14.0. The second-order valence-corrected chi connectivity index (χ2v) is 8.68. The molecule has 1 aliphatic rings. The van der Waals surface area contributed by atoms with Crippen molar-refractivity contribution in [1.29, 1.82) is 0 Å². The molecule has 0 N–H and O–H groups in total. The number of allylic oxidation sites excluding steroid dienone is 2. The molecule has 6 rings (SSSR count). The quantitative estimate of drug-likeness (QED) is 0.299. The van der Waals surface area contributed by atoms with Gasteiger partial charge in [0.05, 0.1) is 10.9 Å². The summed E-state index contributed by atoms with van der Waals surface area (Å²) in [6, 6.07) is 35.7. The lowest BCUT2D eigenvalue weighted by Gasteiger charge is -2.23. The van der Waals surface area contributed by atoms with E-state index in [9.17, 15) is 9.59 Å². The van der Waals surface area contributed by atoms with Crippen LogP contribution in [-0.2, 0) is 4.79 Å². The van der Waals surface area contributed by atoms with Crippen LogP contribution in [0.25, 0.3) is 28.4 Å². The molecule has 6 nitrogen and oxygen atoms in total. The molecule has 0 spiro atoms. The third-order valence-corrected chi connectivity index (χ3v) is 6.20. The molecule has 182 valence electrons. The Morgan fingerprint density at radius 2 is 1.26 bits per heavy atom. The summed E-state index contributed by atoms with van der Waals surface area (Å²) in [4.78, 5) is 37.4. The third-order valence-electron chi connectivity index (χ3n) is 6.20. The van der Waals surface area contributed by atoms with E-state index < -0.39 is 5.91 Å². The molecule has 0 atom stereocenters. The summed E-state index contributed by atoms with van der Waals surface area (Å²) in [7, 11) is 0. The van der Waals surface area contributed by atoms with E-state index in [0.717, 1.165) is 5.56 Å². The van der Waals surface area contributed by atoms with Crippen LogP contribution in [0.3, 0.4) is 0 Å². The van der Waals surface area contributed by atoms with Gasteiger partial charge in [0.25, 0.3) is 11.5 Å². The Morgan fingerprint density at radius 3 is 1.97 bits per heavy atom. The lowest BCUT2D eigenvalue weighted by Crippen LogP contribution is -2.49. The molecule has 5 aromatic rings. The van der Waals surface area contributed by atoms with Crippen molar-refractivity contribution in [2.75, 3.05) is 5.01 Å². The highest BCUT2D eigenvalue weighted by atomic mass is 16.2. The first-order valence-corrected chi connectivity index (χ1v) is 12.2. The Balaban J connectivity index is 1.56. The van der Waals surface area contributed by atoms with Gasteiger partial charge in [0, 0.05) is 11.1 Å². The number of hydrogen-bond acceptors (Lipinski definition) is 4. The van der Waals surface area contributed by atoms with E-state index in [1.165, 1.54) is 9.69 Å². The van der Waals surface area contributed by atoms with Gasteiger partial charge in [-0.05, 0) is 23.8 Å². The Kier molecular flexibility index (Phi) is 6.04. The lowest BCUT2D eigenvalue weighted by molar-refractivity contribution is -0.115. The van der Waals surface area contributed by atoms with Crippen LogP contribution in [0.4, 0.5) is 0 Å². The van der Waals surface area contributed by atoms with Crippen molar-refractivity contribution in [2.45, 2.75) is 0 Å². The van der Waals surface area contributed by atoms with Crippen LogP contribution in [0, 0.1) is 0 Å². The molecule has 1 aliphatic heterocycles. The normalized spacial score (nSPS) is 14.5. The number of fused-ring (bicyclic) bond motifs is 1. The molecule has 6 heteroatoms. The molecule has 0 radical (unpaired) electrons. The zero-order valence-corrected chi connectivity index (χ0v) is 20.3. The van der Waals surface area contributed by atoms with Crippen LogP contribution in [0.1, 0.15) is 11.1 Å². The average molecular weight is 495 g/mol. The van der Waals surface area contributed by atoms with Gasteiger partial charge < -0.3 is 0 Å². The van der Waals surface area contributed by atoms with Gasteiger partial charge in [-0.15, -0.1) is 0 Å². The summed E-state index contributed by atoms with van der Waals surface area (Å²) in [5, 5.41) is 1.75. The summed E-state index contributed by atoms with van der Waals surface area (Å²) in [6.07, 6.45) is 5.36. The van der Waals surface area contributed by atoms with E-state index in [2.05, 4.69) is 0 Å². The Bertz CT molecular complexity index is 1790. The minimum Gasteiger partial charge on any atom is -0.267 e. The zero-order valence-electron chi connectivity index (χ0n) is 20.3. The summed E-state index contributed by atoms with van der Waals surface area (Å²) in [6.45, 7) is 0. The number of benzene rings is 4. The van der Waals surface area contributed by atoms with Crippen molar-refractivity contribution in [1.82, 2.24) is 9.66 Å². The van der Waals surface area contributed by atoms with Crippen molar-refractivity contribution in [3.63, 3.8) is 0 Å². The van der Waals surface area contributed by atoms with Crippen molar-refractivity contribution in [3.05, 3.63) is 155 Å². The number of aromatic nitrogens is 2. The molecule has 1 aromatic heterocycles. The maximum absolute atomic E-state index is 14.0. The van der Waals surface area contributed by atoms with E-state index in [1.807, 2.05) is 103 Å². The first-order valence-electron chi connectivity index (χ1n) is 12.2. The minimum absolute atomic E-state index is 0.218. The standard InChI is InChI=1S/C32H22N4O2/c37-31-26-20-10-11-21-27(26)33-29(24-16-6-2-7-17-24)35(31)36-30(25-18-8-3-9-19-25)34-28(32(36)38)22-12-15-23-13-4-1-5-14-23/h1-22H/b15-12+,28-22+. The largest absolute Gasteiger partial charge is 0.297 e. The molecular formula is C32H22N4O2. The maximum Gasteiger partial charge on any atom is 0.297 e. The summed E-state index contributed by atoms with van der Waals surface area (Å²) in [5.41, 5.74) is 2.83. The first kappa shape index (κ1) is 23.1. The third kappa shape index (κ3) is 4.24. The highest BCUT2D eigenvalue weighted by Gasteiger charge is 2.35. The molecular weight excluding hydrogens is 472 g/mol. The molecule has 0 saturated heterocycles. The first-order chi connectivity index (χ1) is 18.7. The van der Waals surface area contributed by atoms with Crippen molar-refractivity contribution in [3.8, 4) is 11.4 Å². The molecule has 2 heterocycles. The Labute approximate surface area is 219 Å². The van der Waals surface area contributed by atoms with Gasteiger partial charge in [-0.25, -0.2) is 9.98 Å². The number of hydrogen-bond donors (Lipinski definition) is 0. The smallest absolute Gasteiger partial charge is 0.267 e. The Hall–Kier alpha value is -5.36. The fourth-order valence-electron chi connectivity index (χ4n) is 4.38. The highest BCUT2D eigenvalue weighted by molar-refractivity contribution is 6.28. The fourth-order valence-corrected chi connectivity index (χ4v) is 4.38. The number of para-hydroxylation sites is 1. The van der Waals surface area contributed by atoms with Crippen molar-refractivity contribution in [2.24, 2.45) is 4.99 Å². The van der Waals surface area contributed by atoms with Crippen LogP contribution in [-0.4, -0.2) is 21.4 Å². The fraction of sp³-hybridized carbons (Fsp3) is 0. The van der Waals surface area contributed by atoms with Crippen LogP contribution in [0.15, 0.2) is 143 Å². The second kappa shape index (κ2) is 9.95. The number of rotatable bonds is 5. The number of nitrogens with zero attached hydrogens (tertiary/aromatic N) is 4. The van der Waals surface area contributed by atoms with Gasteiger partial charge in [0.15, 0.2) is 11.7 Å².